The van der Waals surface area contributed by atoms with E-state index in [-0.39, 0.29) is 5.91 Å². The molecule has 0 bridgehead atoms. The van der Waals surface area contributed by atoms with Crippen LogP contribution in [0.3, 0.4) is 0 Å². The number of hydrogen-bond donors (Lipinski definition) is 2. The fourth-order valence-electron chi connectivity index (χ4n) is 1.59. The number of hydrogen-bond acceptors (Lipinski definition) is 2. The second kappa shape index (κ2) is 3.59. The third-order valence-electron chi connectivity index (χ3n) is 2.42. The Hall–Kier alpha value is -1.06. The van der Waals surface area contributed by atoms with Gasteiger partial charge in [-0.2, -0.15) is 0 Å². The molecular formula is C10H11ClN2O. The average molecular weight is 211 g/mol. The van der Waals surface area contributed by atoms with Crippen LogP contribution >= 0.6 is 11.6 Å². The number of nitrogens with one attached hydrogen (secondary N) is 1. The minimum absolute atomic E-state index is 0.308. The molecule has 4 heteroatoms. The number of benzene rings is 1. The van der Waals surface area contributed by atoms with Crippen LogP contribution in [0.1, 0.15) is 34.7 Å². The zero-order valence-electron chi connectivity index (χ0n) is 7.59. The molecule has 0 saturated heterocycles. The lowest BCUT2D eigenvalue weighted by Gasteiger charge is -2.08. The monoisotopic (exact) mass is 210 g/mol. The van der Waals surface area contributed by atoms with Gasteiger partial charge in [-0.25, -0.2) is 5.84 Å². The van der Waals surface area contributed by atoms with E-state index in [1.165, 1.54) is 0 Å². The molecule has 1 amide bonds. The van der Waals surface area contributed by atoms with Crippen LogP contribution in [0, 0.1) is 0 Å². The van der Waals surface area contributed by atoms with Gasteiger partial charge < -0.3 is 0 Å². The van der Waals surface area contributed by atoms with Gasteiger partial charge in [0.15, 0.2) is 0 Å². The third-order valence-corrected chi connectivity index (χ3v) is 2.74. The molecule has 2 rings (SSSR count). The van der Waals surface area contributed by atoms with Crippen LogP contribution < -0.4 is 11.3 Å². The first-order chi connectivity index (χ1) is 6.74. The fourth-order valence-corrected chi connectivity index (χ4v) is 1.85. The summed E-state index contributed by atoms with van der Waals surface area (Å²) in [6.45, 7) is 0. The molecule has 3 N–H and O–H groups in total. The smallest absolute Gasteiger partial charge is 0.266 e. The highest BCUT2D eigenvalue weighted by atomic mass is 35.5. The molecule has 1 aliphatic carbocycles. The van der Waals surface area contributed by atoms with Crippen molar-refractivity contribution < 1.29 is 4.79 Å². The largest absolute Gasteiger partial charge is 0.290 e. The van der Waals surface area contributed by atoms with E-state index < -0.39 is 0 Å². The highest BCUT2D eigenvalue weighted by Gasteiger charge is 2.28. The van der Waals surface area contributed by atoms with Crippen molar-refractivity contribution in [3.8, 4) is 0 Å². The summed E-state index contributed by atoms with van der Waals surface area (Å²) < 4.78 is 0. The van der Waals surface area contributed by atoms with Crippen LogP contribution in [-0.2, 0) is 0 Å². The minimum atomic E-state index is -0.308. The second-order valence-electron chi connectivity index (χ2n) is 3.45. The van der Waals surface area contributed by atoms with Crippen molar-refractivity contribution in [2.45, 2.75) is 18.8 Å². The van der Waals surface area contributed by atoms with Crippen LogP contribution in [0.25, 0.3) is 0 Å². The number of carbonyl (C=O) groups excluding carboxylic acids is 1. The lowest BCUT2D eigenvalue weighted by molar-refractivity contribution is 0.0953. The Morgan fingerprint density at radius 1 is 1.50 bits per heavy atom. The molecule has 0 spiro atoms. The van der Waals surface area contributed by atoms with Gasteiger partial charge in [0.25, 0.3) is 5.91 Å². The summed E-state index contributed by atoms with van der Waals surface area (Å²) in [6, 6.07) is 5.51. The van der Waals surface area contributed by atoms with E-state index >= 15 is 0 Å². The molecule has 1 aromatic carbocycles. The van der Waals surface area contributed by atoms with Crippen molar-refractivity contribution in [2.24, 2.45) is 5.84 Å². The molecule has 0 heterocycles. The van der Waals surface area contributed by atoms with E-state index in [4.69, 9.17) is 17.4 Å². The zero-order chi connectivity index (χ0) is 10.1. The third kappa shape index (κ3) is 1.61. The lowest BCUT2D eigenvalue weighted by Crippen LogP contribution is -2.31. The number of amides is 1. The van der Waals surface area contributed by atoms with Crippen molar-refractivity contribution in [3.05, 3.63) is 34.3 Å². The Labute approximate surface area is 87.2 Å². The molecule has 1 saturated carbocycles. The molecule has 0 unspecified atom stereocenters. The molecule has 1 aliphatic rings. The predicted molar refractivity (Wildman–Crippen MR) is 55.1 cm³/mol. The van der Waals surface area contributed by atoms with Crippen molar-refractivity contribution >= 4 is 17.5 Å². The maximum absolute atomic E-state index is 11.5. The van der Waals surface area contributed by atoms with Crippen LogP contribution in [-0.4, -0.2) is 5.91 Å². The maximum Gasteiger partial charge on any atom is 0.266 e. The van der Waals surface area contributed by atoms with E-state index in [2.05, 4.69) is 5.43 Å². The Bertz CT molecular complexity index is 374. The molecule has 0 aliphatic heterocycles. The lowest BCUT2D eigenvalue weighted by atomic mass is 10.0. The van der Waals surface area contributed by atoms with Gasteiger partial charge in [-0.3, -0.25) is 10.2 Å². The summed E-state index contributed by atoms with van der Waals surface area (Å²) in [5.74, 6) is 5.28. The predicted octanol–water partition coefficient (Wildman–Crippen LogP) is 1.82. The molecule has 14 heavy (non-hydrogen) atoms. The van der Waals surface area contributed by atoms with Crippen molar-refractivity contribution in [3.63, 3.8) is 0 Å². The molecule has 0 aromatic heterocycles. The van der Waals surface area contributed by atoms with Crippen LogP contribution in [0.5, 0.6) is 0 Å². The Morgan fingerprint density at radius 2 is 2.21 bits per heavy atom. The van der Waals surface area contributed by atoms with Crippen molar-refractivity contribution in [1.29, 1.82) is 0 Å². The molecule has 0 atom stereocenters. The van der Waals surface area contributed by atoms with Crippen LogP contribution in [0.15, 0.2) is 18.2 Å². The Kier molecular flexibility index (Phi) is 2.44. The number of nitrogen functional groups attached to an aromatic ring is 1. The van der Waals surface area contributed by atoms with Crippen molar-refractivity contribution in [1.82, 2.24) is 5.43 Å². The number of nitrogens with two attached hydrogens (primary N) is 1. The average Bonchev–Trinajstić information content (AvgIpc) is 2.99. The van der Waals surface area contributed by atoms with Gasteiger partial charge in [0.05, 0.1) is 10.6 Å². The summed E-state index contributed by atoms with van der Waals surface area (Å²) in [5.41, 5.74) is 3.66. The summed E-state index contributed by atoms with van der Waals surface area (Å²) in [4.78, 5) is 11.5. The number of halogens is 1. The summed E-state index contributed by atoms with van der Waals surface area (Å²) >= 11 is 5.96. The summed E-state index contributed by atoms with van der Waals surface area (Å²) in [6.07, 6.45) is 2.26. The normalized spacial score (nSPS) is 15.3. The molecule has 0 radical (unpaired) electrons. The van der Waals surface area contributed by atoms with Gasteiger partial charge >= 0.3 is 0 Å². The van der Waals surface area contributed by atoms with Gasteiger partial charge in [0.2, 0.25) is 0 Å². The summed E-state index contributed by atoms with van der Waals surface area (Å²) in [7, 11) is 0. The van der Waals surface area contributed by atoms with E-state index in [1.54, 1.807) is 6.07 Å². The molecule has 3 nitrogen and oxygen atoms in total. The van der Waals surface area contributed by atoms with E-state index in [9.17, 15) is 4.79 Å². The SMILES string of the molecule is NNC(=O)c1c(Cl)cccc1C1CC1. The van der Waals surface area contributed by atoms with Crippen LogP contribution in [0.2, 0.25) is 5.02 Å². The molecular weight excluding hydrogens is 200 g/mol. The highest BCUT2D eigenvalue weighted by molar-refractivity contribution is 6.34. The zero-order valence-corrected chi connectivity index (χ0v) is 8.34. The molecule has 74 valence electrons. The highest BCUT2D eigenvalue weighted by Crippen LogP contribution is 2.42. The number of carbonyl (C=O) groups is 1. The quantitative estimate of drug-likeness (QED) is 0.445. The topological polar surface area (TPSA) is 55.1 Å². The van der Waals surface area contributed by atoms with Crippen molar-refractivity contribution in [2.75, 3.05) is 0 Å². The number of rotatable bonds is 2. The van der Waals surface area contributed by atoms with Crippen LogP contribution in [0.4, 0.5) is 0 Å². The first kappa shape index (κ1) is 9.49. The standard InChI is InChI=1S/C10H11ClN2O/c11-8-3-1-2-7(6-4-5-6)9(8)10(14)13-12/h1-3,6H,4-5,12H2,(H,13,14). The Balaban J connectivity index is 2.47. The van der Waals surface area contributed by atoms with Gasteiger partial charge in [-0.05, 0) is 30.4 Å². The van der Waals surface area contributed by atoms with E-state index in [0.29, 0.717) is 16.5 Å². The maximum atomic E-state index is 11.5. The van der Waals surface area contributed by atoms with Gasteiger partial charge in [-0.15, -0.1) is 0 Å². The first-order valence-electron chi connectivity index (χ1n) is 4.53. The molecule has 1 fully saturated rings. The van der Waals surface area contributed by atoms with E-state index in [1.807, 2.05) is 12.1 Å². The first-order valence-corrected chi connectivity index (χ1v) is 4.91. The second-order valence-corrected chi connectivity index (χ2v) is 3.86. The molecule has 1 aromatic rings. The van der Waals surface area contributed by atoms with Gasteiger partial charge in [0, 0.05) is 0 Å². The van der Waals surface area contributed by atoms with Gasteiger partial charge in [0.1, 0.15) is 0 Å². The number of hydrazine groups is 1. The minimum Gasteiger partial charge on any atom is -0.290 e. The van der Waals surface area contributed by atoms with Gasteiger partial charge in [-0.1, -0.05) is 23.7 Å². The van der Waals surface area contributed by atoms with E-state index in [0.717, 1.165) is 18.4 Å². The fraction of sp³-hybridized carbons (Fsp3) is 0.300. The summed E-state index contributed by atoms with van der Waals surface area (Å²) in [5, 5.41) is 0.470. The Morgan fingerprint density at radius 3 is 2.79 bits per heavy atom.